The molecule has 4 rings (SSSR count). The van der Waals surface area contributed by atoms with E-state index in [9.17, 15) is 4.79 Å². The van der Waals surface area contributed by atoms with Crippen LogP contribution in [0.5, 0.6) is 0 Å². The van der Waals surface area contributed by atoms with Crippen molar-refractivity contribution in [3.05, 3.63) is 76.9 Å². The Labute approximate surface area is 181 Å². The van der Waals surface area contributed by atoms with Crippen LogP contribution in [-0.2, 0) is 11.3 Å². The zero-order chi connectivity index (χ0) is 20.1. The van der Waals surface area contributed by atoms with Crippen molar-refractivity contribution in [3.8, 4) is 10.7 Å². The lowest BCUT2D eigenvalue weighted by molar-refractivity contribution is -0.113. The number of hydrogen-bond donors (Lipinski definition) is 1. The van der Waals surface area contributed by atoms with Crippen molar-refractivity contribution in [2.45, 2.75) is 11.7 Å². The van der Waals surface area contributed by atoms with Gasteiger partial charge in [0.2, 0.25) is 5.91 Å². The molecule has 6 nitrogen and oxygen atoms in total. The van der Waals surface area contributed by atoms with Gasteiger partial charge in [0.15, 0.2) is 16.1 Å². The van der Waals surface area contributed by atoms with Gasteiger partial charge in [-0.2, -0.15) is 0 Å². The van der Waals surface area contributed by atoms with E-state index in [0.717, 1.165) is 16.3 Å². The minimum atomic E-state index is -0.183. The molecule has 0 atom stereocenters. The summed E-state index contributed by atoms with van der Waals surface area (Å²) in [5.74, 6) is 0.793. The van der Waals surface area contributed by atoms with Crippen LogP contribution >= 0.6 is 34.7 Å². The summed E-state index contributed by atoms with van der Waals surface area (Å²) in [4.78, 5) is 17.4. The van der Waals surface area contributed by atoms with Crippen LogP contribution in [0.2, 0.25) is 5.15 Å². The van der Waals surface area contributed by atoms with Crippen molar-refractivity contribution in [2.75, 3.05) is 11.1 Å². The van der Waals surface area contributed by atoms with Gasteiger partial charge in [-0.25, -0.2) is 4.98 Å². The third-order valence-electron chi connectivity index (χ3n) is 4.01. The summed E-state index contributed by atoms with van der Waals surface area (Å²) >= 11 is 8.95. The fraction of sp³-hybridized carbons (Fsp3) is 0.100. The van der Waals surface area contributed by atoms with E-state index < -0.39 is 0 Å². The second kappa shape index (κ2) is 9.21. The first-order valence-electron chi connectivity index (χ1n) is 8.75. The van der Waals surface area contributed by atoms with Crippen molar-refractivity contribution in [2.24, 2.45) is 0 Å². The van der Waals surface area contributed by atoms with Crippen molar-refractivity contribution in [3.63, 3.8) is 0 Å². The molecule has 0 saturated heterocycles. The standard InChI is InChI=1S/C20H16ClN5OS2/c21-18-15(8-4-10-22-18)23-17(27)13-29-20-25-24-19(16-9-5-11-28-16)26(20)12-14-6-2-1-3-7-14/h1-11H,12-13H2,(H,23,27). The van der Waals surface area contributed by atoms with Crippen LogP contribution in [0, 0.1) is 0 Å². The number of pyridine rings is 1. The van der Waals surface area contributed by atoms with Gasteiger partial charge in [-0.1, -0.05) is 59.8 Å². The molecule has 0 spiro atoms. The number of halogens is 1. The number of nitrogens with one attached hydrogen (secondary N) is 1. The Morgan fingerprint density at radius 1 is 1.10 bits per heavy atom. The van der Waals surface area contributed by atoms with E-state index in [-0.39, 0.29) is 16.8 Å². The number of thiophene rings is 1. The number of nitrogens with zero attached hydrogens (tertiary/aromatic N) is 4. The highest BCUT2D eigenvalue weighted by molar-refractivity contribution is 7.99. The van der Waals surface area contributed by atoms with Crippen LogP contribution in [0.3, 0.4) is 0 Å². The Bertz CT molecular complexity index is 1100. The fourth-order valence-electron chi connectivity index (χ4n) is 2.69. The van der Waals surface area contributed by atoms with Crippen molar-refractivity contribution >= 4 is 46.3 Å². The molecular weight excluding hydrogens is 426 g/mol. The lowest BCUT2D eigenvalue weighted by atomic mass is 10.2. The third kappa shape index (κ3) is 4.84. The summed E-state index contributed by atoms with van der Waals surface area (Å²) in [6.45, 7) is 0.624. The molecule has 1 aromatic carbocycles. The number of carbonyl (C=O) groups is 1. The average molecular weight is 442 g/mol. The van der Waals surface area contributed by atoms with Crippen molar-refractivity contribution in [1.82, 2.24) is 19.7 Å². The summed E-state index contributed by atoms with van der Waals surface area (Å²) in [5, 5.41) is 14.4. The number of rotatable bonds is 7. The van der Waals surface area contributed by atoms with Gasteiger partial charge in [0, 0.05) is 6.20 Å². The first kappa shape index (κ1) is 19.6. The molecule has 29 heavy (non-hydrogen) atoms. The Balaban J connectivity index is 1.52. The van der Waals surface area contributed by atoms with E-state index in [1.165, 1.54) is 11.8 Å². The summed E-state index contributed by atoms with van der Waals surface area (Å²) < 4.78 is 2.04. The first-order chi connectivity index (χ1) is 14.2. The smallest absolute Gasteiger partial charge is 0.234 e. The van der Waals surface area contributed by atoms with E-state index in [1.54, 1.807) is 29.7 Å². The fourth-order valence-corrected chi connectivity index (χ4v) is 4.31. The molecule has 0 unspecified atom stereocenters. The SMILES string of the molecule is O=C(CSc1nnc(-c2cccs2)n1Cc1ccccc1)Nc1cccnc1Cl. The van der Waals surface area contributed by atoms with E-state index >= 15 is 0 Å². The van der Waals surface area contributed by atoms with Gasteiger partial charge < -0.3 is 5.32 Å². The van der Waals surface area contributed by atoms with Gasteiger partial charge in [0.1, 0.15) is 0 Å². The van der Waals surface area contributed by atoms with Crippen LogP contribution in [0.15, 0.2) is 71.3 Å². The summed E-state index contributed by atoms with van der Waals surface area (Å²) in [6, 6.07) is 17.5. The van der Waals surface area contributed by atoms with Crippen LogP contribution in [0.4, 0.5) is 5.69 Å². The molecule has 1 amide bonds. The van der Waals surface area contributed by atoms with Gasteiger partial charge >= 0.3 is 0 Å². The van der Waals surface area contributed by atoms with Crippen LogP contribution < -0.4 is 5.32 Å². The number of amides is 1. The molecule has 0 aliphatic heterocycles. The molecule has 9 heteroatoms. The Morgan fingerprint density at radius 2 is 1.97 bits per heavy atom. The topological polar surface area (TPSA) is 72.7 Å². The average Bonchev–Trinajstić information content (AvgIpc) is 3.39. The Morgan fingerprint density at radius 3 is 2.72 bits per heavy atom. The first-order valence-corrected chi connectivity index (χ1v) is 11.0. The largest absolute Gasteiger partial charge is 0.323 e. The predicted octanol–water partition coefficient (Wildman–Crippen LogP) is 4.83. The molecule has 1 N–H and O–H groups in total. The van der Waals surface area contributed by atoms with Gasteiger partial charge in [-0.05, 0) is 29.1 Å². The number of aromatic nitrogens is 4. The van der Waals surface area contributed by atoms with Gasteiger partial charge in [0.05, 0.1) is 22.9 Å². The van der Waals surface area contributed by atoms with Gasteiger partial charge in [0.25, 0.3) is 0 Å². The van der Waals surface area contributed by atoms with Crippen molar-refractivity contribution in [1.29, 1.82) is 0 Å². The van der Waals surface area contributed by atoms with Crippen LogP contribution in [0.1, 0.15) is 5.56 Å². The highest BCUT2D eigenvalue weighted by atomic mass is 35.5. The molecule has 4 aromatic rings. The summed E-state index contributed by atoms with van der Waals surface area (Å²) in [6.07, 6.45) is 1.57. The highest BCUT2D eigenvalue weighted by Gasteiger charge is 2.17. The number of anilines is 1. The number of hydrogen-bond acceptors (Lipinski definition) is 6. The Kier molecular flexibility index (Phi) is 6.24. The van der Waals surface area contributed by atoms with E-state index in [0.29, 0.717) is 17.4 Å². The lowest BCUT2D eigenvalue weighted by Crippen LogP contribution is -2.15. The van der Waals surface area contributed by atoms with Gasteiger partial charge in [-0.15, -0.1) is 21.5 Å². The maximum absolute atomic E-state index is 12.4. The minimum Gasteiger partial charge on any atom is -0.323 e. The van der Waals surface area contributed by atoms with Crippen LogP contribution in [-0.4, -0.2) is 31.4 Å². The van der Waals surface area contributed by atoms with Crippen LogP contribution in [0.25, 0.3) is 10.7 Å². The molecule has 0 fully saturated rings. The lowest BCUT2D eigenvalue weighted by Gasteiger charge is -2.10. The monoisotopic (exact) mass is 441 g/mol. The zero-order valence-corrected chi connectivity index (χ0v) is 17.5. The zero-order valence-electron chi connectivity index (χ0n) is 15.2. The van der Waals surface area contributed by atoms with E-state index in [4.69, 9.17) is 11.6 Å². The summed E-state index contributed by atoms with van der Waals surface area (Å²) in [7, 11) is 0. The molecule has 0 bridgehead atoms. The number of carbonyl (C=O) groups excluding carboxylic acids is 1. The van der Waals surface area contributed by atoms with Gasteiger partial charge in [-0.3, -0.25) is 9.36 Å². The molecule has 0 saturated carbocycles. The number of thioether (sulfide) groups is 1. The second-order valence-electron chi connectivity index (χ2n) is 6.03. The predicted molar refractivity (Wildman–Crippen MR) is 117 cm³/mol. The molecule has 0 radical (unpaired) electrons. The molecule has 3 aromatic heterocycles. The molecule has 3 heterocycles. The quantitative estimate of drug-likeness (QED) is 0.328. The maximum atomic E-state index is 12.4. The molecule has 0 aliphatic rings. The maximum Gasteiger partial charge on any atom is 0.234 e. The number of benzene rings is 1. The summed E-state index contributed by atoms with van der Waals surface area (Å²) in [5.41, 5.74) is 1.63. The van der Waals surface area contributed by atoms with E-state index in [2.05, 4.69) is 32.6 Å². The molecule has 0 aliphatic carbocycles. The molecular formula is C20H16ClN5OS2. The van der Waals surface area contributed by atoms with Crippen molar-refractivity contribution < 1.29 is 4.79 Å². The normalized spacial score (nSPS) is 10.8. The minimum absolute atomic E-state index is 0.183. The highest BCUT2D eigenvalue weighted by Crippen LogP contribution is 2.28. The van der Waals surface area contributed by atoms with E-state index in [1.807, 2.05) is 40.3 Å². The third-order valence-corrected chi connectivity index (χ3v) is 6.14. The molecule has 146 valence electrons. The second-order valence-corrected chi connectivity index (χ2v) is 8.28. The Hall–Kier alpha value is -2.68.